The van der Waals surface area contributed by atoms with Crippen LogP contribution in [-0.4, -0.2) is 22.0 Å². The maximum Gasteiger partial charge on any atom is 0.335 e. The van der Waals surface area contributed by atoms with Gasteiger partial charge >= 0.3 is 5.97 Å². The third-order valence-corrected chi connectivity index (χ3v) is 3.38. The lowest BCUT2D eigenvalue weighted by Gasteiger charge is -2.06. The molecule has 0 saturated heterocycles. The highest BCUT2D eigenvalue weighted by molar-refractivity contribution is 6.41. The first-order valence-electron chi connectivity index (χ1n) is 5.58. The van der Waals surface area contributed by atoms with E-state index in [2.05, 4.69) is 10.3 Å². The molecule has 0 spiro atoms. The molecule has 0 radical (unpaired) electrons. The number of aromatic carboxylic acids is 1. The van der Waals surface area contributed by atoms with Crippen molar-refractivity contribution >= 4 is 40.8 Å². The maximum absolute atomic E-state index is 11.9. The number of carboxylic acid groups (broad SMARTS) is 1. The Bertz CT molecular complexity index is 675. The average molecular weight is 313 g/mol. The van der Waals surface area contributed by atoms with Crippen molar-refractivity contribution < 1.29 is 14.7 Å². The number of benzene rings is 1. The van der Waals surface area contributed by atoms with Crippen molar-refractivity contribution in [1.29, 1.82) is 0 Å². The van der Waals surface area contributed by atoms with E-state index in [0.29, 0.717) is 11.3 Å². The van der Waals surface area contributed by atoms with E-state index < -0.39 is 11.9 Å². The Balaban J connectivity index is 2.20. The summed E-state index contributed by atoms with van der Waals surface area (Å²) in [6.45, 7) is 1.65. The fourth-order valence-corrected chi connectivity index (χ4v) is 2.02. The predicted octanol–water partition coefficient (Wildman–Crippen LogP) is 3.58. The summed E-state index contributed by atoms with van der Waals surface area (Å²) in [5.41, 5.74) is 1.45. The summed E-state index contributed by atoms with van der Waals surface area (Å²) in [7, 11) is 0. The van der Waals surface area contributed by atoms with Gasteiger partial charge in [-0.1, -0.05) is 23.2 Å². The monoisotopic (exact) mass is 312 g/mol. The lowest BCUT2D eigenvalue weighted by Crippen LogP contribution is -2.12. The molecule has 0 aliphatic rings. The molecule has 1 heterocycles. The fourth-order valence-electron chi connectivity index (χ4n) is 1.71. The van der Waals surface area contributed by atoms with Gasteiger partial charge in [-0.05, 0) is 36.8 Å². The van der Waals surface area contributed by atoms with Crippen molar-refractivity contribution in [1.82, 2.24) is 4.98 Å². The van der Waals surface area contributed by atoms with E-state index in [1.807, 2.05) is 0 Å². The summed E-state index contributed by atoms with van der Waals surface area (Å²) in [6, 6.07) is 5.94. The largest absolute Gasteiger partial charge is 0.478 e. The zero-order valence-electron chi connectivity index (χ0n) is 10.3. The number of anilines is 1. The predicted molar refractivity (Wildman–Crippen MR) is 76.9 cm³/mol. The van der Waals surface area contributed by atoms with E-state index in [4.69, 9.17) is 28.3 Å². The lowest BCUT2D eigenvalue weighted by atomic mass is 10.1. The van der Waals surface area contributed by atoms with Crippen LogP contribution in [0.4, 0.5) is 5.69 Å². The van der Waals surface area contributed by atoms with Crippen molar-refractivity contribution in [3.05, 3.63) is 51.3 Å². The number of aromatic nitrogens is 1. The molecule has 2 rings (SSSR count). The number of carbonyl (C=O) groups is 2. The van der Waals surface area contributed by atoms with Gasteiger partial charge < -0.3 is 15.4 Å². The van der Waals surface area contributed by atoms with Crippen LogP contribution in [0.2, 0.25) is 10.2 Å². The normalized spacial score (nSPS) is 10.3. The number of hydrogen-bond donors (Lipinski definition) is 3. The second-order valence-electron chi connectivity index (χ2n) is 4.13. The molecule has 0 atom stereocenters. The molecule has 20 heavy (non-hydrogen) atoms. The number of halogens is 2. The van der Waals surface area contributed by atoms with Crippen LogP contribution in [0.15, 0.2) is 24.3 Å². The topological polar surface area (TPSA) is 82.2 Å². The van der Waals surface area contributed by atoms with Gasteiger partial charge in [-0.3, -0.25) is 4.79 Å². The molecule has 0 unspecified atom stereocenters. The zero-order chi connectivity index (χ0) is 14.9. The molecule has 1 aromatic heterocycles. The van der Waals surface area contributed by atoms with Crippen molar-refractivity contribution in [2.24, 2.45) is 0 Å². The van der Waals surface area contributed by atoms with Crippen molar-refractivity contribution in [2.45, 2.75) is 6.92 Å². The Hall–Kier alpha value is -1.98. The number of carboxylic acids is 1. The molecule has 0 saturated carbocycles. The van der Waals surface area contributed by atoms with Crippen LogP contribution in [0.5, 0.6) is 0 Å². The zero-order valence-corrected chi connectivity index (χ0v) is 11.8. The molecular weight excluding hydrogens is 303 g/mol. The summed E-state index contributed by atoms with van der Waals surface area (Å²) in [5, 5.41) is 12.0. The van der Waals surface area contributed by atoms with E-state index >= 15 is 0 Å². The molecule has 7 heteroatoms. The average Bonchev–Trinajstić information content (AvgIpc) is 2.69. The van der Waals surface area contributed by atoms with E-state index in [1.54, 1.807) is 13.0 Å². The standard InChI is InChI=1S/C13H10Cl2N2O3/c1-6-4-7(2-3-8(6)13(19)20)16-12(18)10-5-9(14)11(15)17-10/h2-5,17H,1H3,(H,16,18)(H,19,20). The number of H-pyrrole nitrogens is 1. The molecule has 0 fully saturated rings. The van der Waals surface area contributed by atoms with Crippen LogP contribution in [0.3, 0.4) is 0 Å². The van der Waals surface area contributed by atoms with Gasteiger partial charge in [-0.2, -0.15) is 0 Å². The summed E-state index contributed by atoms with van der Waals surface area (Å²) in [4.78, 5) is 25.5. The van der Waals surface area contributed by atoms with Crippen LogP contribution in [0.25, 0.3) is 0 Å². The molecule has 104 valence electrons. The molecule has 3 N–H and O–H groups in total. The Kier molecular flexibility index (Phi) is 4.01. The summed E-state index contributed by atoms with van der Waals surface area (Å²) >= 11 is 11.5. The molecule has 1 aromatic carbocycles. The summed E-state index contributed by atoms with van der Waals surface area (Å²) < 4.78 is 0. The smallest absolute Gasteiger partial charge is 0.335 e. The van der Waals surface area contributed by atoms with Gasteiger partial charge in [-0.25, -0.2) is 4.79 Å². The van der Waals surface area contributed by atoms with E-state index in [-0.39, 0.29) is 21.4 Å². The number of hydrogen-bond acceptors (Lipinski definition) is 2. The Labute approximate surface area is 124 Å². The number of nitrogens with one attached hydrogen (secondary N) is 2. The third kappa shape index (κ3) is 2.95. The highest BCUT2D eigenvalue weighted by Crippen LogP contribution is 2.23. The molecule has 2 aromatic rings. The van der Waals surface area contributed by atoms with Gasteiger partial charge in [0.1, 0.15) is 10.8 Å². The molecule has 0 aliphatic heterocycles. The Morgan fingerprint density at radius 2 is 1.95 bits per heavy atom. The van der Waals surface area contributed by atoms with Gasteiger partial charge in [0.15, 0.2) is 0 Å². The molecule has 1 amide bonds. The fraction of sp³-hybridized carbons (Fsp3) is 0.0769. The highest BCUT2D eigenvalue weighted by atomic mass is 35.5. The number of carbonyl (C=O) groups excluding carboxylic acids is 1. The quantitative estimate of drug-likeness (QED) is 0.810. The first-order valence-corrected chi connectivity index (χ1v) is 6.33. The lowest BCUT2D eigenvalue weighted by molar-refractivity contribution is 0.0696. The van der Waals surface area contributed by atoms with Crippen LogP contribution < -0.4 is 5.32 Å². The minimum Gasteiger partial charge on any atom is -0.478 e. The number of rotatable bonds is 3. The second kappa shape index (κ2) is 5.56. The Morgan fingerprint density at radius 3 is 2.45 bits per heavy atom. The van der Waals surface area contributed by atoms with E-state index in [9.17, 15) is 9.59 Å². The van der Waals surface area contributed by atoms with Gasteiger partial charge in [0, 0.05) is 5.69 Å². The highest BCUT2D eigenvalue weighted by Gasteiger charge is 2.13. The Morgan fingerprint density at radius 1 is 1.25 bits per heavy atom. The minimum absolute atomic E-state index is 0.189. The number of aromatic amines is 1. The van der Waals surface area contributed by atoms with Gasteiger partial charge in [0.05, 0.1) is 10.6 Å². The van der Waals surface area contributed by atoms with Crippen molar-refractivity contribution in [2.75, 3.05) is 5.32 Å². The summed E-state index contributed by atoms with van der Waals surface area (Å²) in [5.74, 6) is -1.43. The molecule has 0 aliphatic carbocycles. The first-order chi connectivity index (χ1) is 9.38. The van der Waals surface area contributed by atoms with Crippen molar-refractivity contribution in [3.8, 4) is 0 Å². The van der Waals surface area contributed by atoms with E-state index in [1.165, 1.54) is 18.2 Å². The van der Waals surface area contributed by atoms with Crippen molar-refractivity contribution in [3.63, 3.8) is 0 Å². The third-order valence-electron chi connectivity index (χ3n) is 2.68. The number of amides is 1. The number of aryl methyl sites for hydroxylation is 1. The van der Waals surface area contributed by atoms with E-state index in [0.717, 1.165) is 0 Å². The van der Waals surface area contributed by atoms with Gasteiger partial charge in [0.2, 0.25) is 0 Å². The molecule has 5 nitrogen and oxygen atoms in total. The van der Waals surface area contributed by atoms with Gasteiger partial charge in [-0.15, -0.1) is 0 Å². The van der Waals surface area contributed by atoms with Crippen LogP contribution in [0.1, 0.15) is 26.4 Å². The SMILES string of the molecule is Cc1cc(NC(=O)c2cc(Cl)c(Cl)[nH]2)ccc1C(=O)O. The van der Waals surface area contributed by atoms with Crippen LogP contribution >= 0.6 is 23.2 Å². The van der Waals surface area contributed by atoms with Crippen LogP contribution in [-0.2, 0) is 0 Å². The molecule has 0 bridgehead atoms. The summed E-state index contributed by atoms with van der Waals surface area (Å²) in [6.07, 6.45) is 0. The molecular formula is C13H10Cl2N2O3. The second-order valence-corrected chi connectivity index (χ2v) is 4.92. The minimum atomic E-state index is -1.01. The van der Waals surface area contributed by atoms with Crippen LogP contribution in [0, 0.1) is 6.92 Å². The maximum atomic E-state index is 11.9. The van der Waals surface area contributed by atoms with Gasteiger partial charge in [0.25, 0.3) is 5.91 Å². The first kappa shape index (κ1) is 14.4.